The Morgan fingerprint density at radius 3 is 1.12 bits per heavy atom. The van der Waals surface area contributed by atoms with Gasteiger partial charge in [0.15, 0.2) is 0 Å². The van der Waals surface area contributed by atoms with Crippen molar-refractivity contribution in [1.82, 2.24) is 0 Å². The van der Waals surface area contributed by atoms with E-state index in [1.165, 1.54) is 25.6 Å². The summed E-state index contributed by atoms with van der Waals surface area (Å²) in [6.45, 7) is 14.2. The summed E-state index contributed by atoms with van der Waals surface area (Å²) in [5.41, 5.74) is 0. The standard InChI is InChI=1S/C12H26.2C2H2/c1-7-9(3)11(5)12(6)10(4)8-2;2*1-2/h9-12H,7-8H2,1-6H3;2*1-2H/i;2*1T. The smallest absolute Gasteiger partial charge is 0.124 e. The van der Waals surface area contributed by atoms with Crippen LogP contribution in [0, 0.1) is 49.3 Å². The van der Waals surface area contributed by atoms with E-state index >= 15 is 0 Å². The fourth-order valence-electron chi connectivity index (χ4n) is 1.78. The van der Waals surface area contributed by atoms with Crippen LogP contribution in [-0.4, -0.2) is 0 Å². The lowest BCUT2D eigenvalue weighted by Crippen LogP contribution is -2.21. The Bertz CT molecular complexity index is 208. The first kappa shape index (κ1) is 15.1. The van der Waals surface area contributed by atoms with Crippen molar-refractivity contribution in [2.24, 2.45) is 23.7 Å². The van der Waals surface area contributed by atoms with Crippen molar-refractivity contribution < 1.29 is 2.74 Å². The van der Waals surface area contributed by atoms with Crippen molar-refractivity contribution in [3.8, 4) is 25.6 Å². The van der Waals surface area contributed by atoms with Crippen LogP contribution >= 0.6 is 0 Å². The molecule has 0 rings (SSSR count). The van der Waals surface area contributed by atoms with Crippen LogP contribution in [0.15, 0.2) is 0 Å². The Hall–Kier alpha value is -0.880. The van der Waals surface area contributed by atoms with Gasteiger partial charge in [-0.25, -0.2) is 0 Å². The van der Waals surface area contributed by atoms with Crippen LogP contribution in [0.2, 0.25) is 0 Å². The molecule has 94 valence electrons. The second-order valence-corrected chi connectivity index (χ2v) is 4.49. The summed E-state index contributed by atoms with van der Waals surface area (Å²) >= 11 is 0. The maximum Gasteiger partial charge on any atom is 0.124 e. The molecule has 0 fully saturated rings. The van der Waals surface area contributed by atoms with E-state index in [1.807, 2.05) is 0 Å². The molecule has 16 heavy (non-hydrogen) atoms. The zero-order valence-electron chi connectivity index (χ0n) is 13.9. The van der Waals surface area contributed by atoms with Gasteiger partial charge in [-0.2, -0.15) is 0 Å². The van der Waals surface area contributed by atoms with E-state index in [-0.39, 0.29) is 0 Å². The van der Waals surface area contributed by atoms with Gasteiger partial charge in [-0.05, 0) is 23.7 Å². The normalized spacial score (nSPS) is 17.2. The average molecular weight is 226 g/mol. The van der Waals surface area contributed by atoms with Crippen molar-refractivity contribution in [3.05, 3.63) is 0 Å². The van der Waals surface area contributed by atoms with Gasteiger partial charge in [0.2, 0.25) is 0 Å². The average Bonchev–Trinajstić information content (AvgIpc) is 2.36. The van der Waals surface area contributed by atoms with Gasteiger partial charge in [0.25, 0.3) is 0 Å². The van der Waals surface area contributed by atoms with Crippen molar-refractivity contribution in [3.63, 3.8) is 0 Å². The summed E-state index contributed by atoms with van der Waals surface area (Å²) in [6.07, 6.45) is 14.2. The van der Waals surface area contributed by atoms with Gasteiger partial charge < -0.3 is 0 Å². The molecule has 0 aromatic heterocycles. The van der Waals surface area contributed by atoms with Crippen LogP contribution in [0.25, 0.3) is 0 Å². The first-order chi connectivity index (χ1) is 8.37. The molecule has 0 aromatic carbocycles. The highest BCUT2D eigenvalue weighted by atomic mass is 14.3. The second-order valence-electron chi connectivity index (χ2n) is 4.49. The Kier molecular flexibility index (Phi) is 13.3. The fourth-order valence-corrected chi connectivity index (χ4v) is 1.78. The van der Waals surface area contributed by atoms with Gasteiger partial charge in [0.05, 0.1) is 0 Å². The Morgan fingerprint density at radius 1 is 0.812 bits per heavy atom. The lowest BCUT2D eigenvalue weighted by atomic mass is 9.77. The molecule has 0 saturated heterocycles. The minimum Gasteiger partial charge on any atom is -0.124 e. The Labute approximate surface area is 107 Å². The highest BCUT2D eigenvalue weighted by Crippen LogP contribution is 2.29. The first-order valence-electron chi connectivity index (χ1n) is 7.12. The van der Waals surface area contributed by atoms with E-state index in [1.54, 1.807) is 0 Å². The molecule has 0 aliphatic heterocycles. The SMILES string of the molecule is CCC(C)C(C)C(C)C(C)CC.[3H]C#C.[3H]C#C. The van der Waals surface area contributed by atoms with Crippen LogP contribution < -0.4 is 0 Å². The summed E-state index contributed by atoms with van der Waals surface area (Å²) in [7, 11) is 0. The minimum atomic E-state index is 0.880. The predicted octanol–water partition coefficient (Wildman–Crippen LogP) is 4.85. The Balaban J connectivity index is -0.000000315. The summed E-state index contributed by atoms with van der Waals surface area (Å²) < 4.78 is 11.5. The largest absolute Gasteiger partial charge is 0.124 e. The maximum atomic E-state index is 5.74. The summed E-state index contributed by atoms with van der Waals surface area (Å²) in [6, 6.07) is 0. The molecule has 4 atom stereocenters. The van der Waals surface area contributed by atoms with E-state index in [2.05, 4.69) is 54.4 Å². The number of rotatable bonds is 5. The molecule has 0 spiro atoms. The monoisotopic (exact) mass is 226 g/mol. The van der Waals surface area contributed by atoms with Crippen molar-refractivity contribution in [2.45, 2.75) is 54.4 Å². The molecule has 0 aliphatic carbocycles. The predicted molar refractivity (Wildman–Crippen MR) is 77.0 cm³/mol. The molecule has 0 aliphatic rings. The van der Waals surface area contributed by atoms with Gasteiger partial charge in [-0.15, -0.1) is 25.6 Å². The van der Waals surface area contributed by atoms with Crippen LogP contribution in [0.4, 0.5) is 0 Å². The maximum absolute atomic E-state index is 5.74. The molecule has 0 bridgehead atoms. The molecule has 0 nitrogen and oxygen atoms in total. The van der Waals surface area contributed by atoms with Crippen LogP contribution in [0.5, 0.6) is 0 Å². The lowest BCUT2D eigenvalue weighted by molar-refractivity contribution is 0.205. The summed E-state index contributed by atoms with van der Waals surface area (Å²) in [5.74, 6) is 3.53. The molecule has 0 aromatic rings. The zero-order chi connectivity index (χ0) is 15.1. The quantitative estimate of drug-likeness (QED) is 0.588. The molecule has 4 unspecified atom stereocenters. The molecular weight excluding hydrogens is 192 g/mol. The molecule has 0 radical (unpaired) electrons. The molecule has 0 N–H and O–H groups in total. The van der Waals surface area contributed by atoms with Gasteiger partial charge in [-0.3, -0.25) is 0 Å². The summed E-state index contributed by atoms with van der Waals surface area (Å²) in [4.78, 5) is 0. The van der Waals surface area contributed by atoms with Gasteiger partial charge in [0, 0.05) is 0 Å². The van der Waals surface area contributed by atoms with Crippen LogP contribution in [0.1, 0.15) is 57.1 Å². The van der Waals surface area contributed by atoms with Crippen LogP contribution in [0.3, 0.4) is 0 Å². The highest BCUT2D eigenvalue weighted by Gasteiger charge is 2.21. The van der Waals surface area contributed by atoms with Crippen molar-refractivity contribution >= 4 is 0 Å². The van der Waals surface area contributed by atoms with Crippen LogP contribution in [-0.2, 0) is 0 Å². The third-order valence-electron chi connectivity index (χ3n) is 3.91. The Morgan fingerprint density at radius 2 is 1.00 bits per heavy atom. The van der Waals surface area contributed by atoms with E-state index in [9.17, 15) is 0 Å². The summed E-state index contributed by atoms with van der Waals surface area (Å²) in [5, 5.41) is 0. The number of hydrogen-bond acceptors (Lipinski definition) is 0. The molecular formula is C16H30. The van der Waals surface area contributed by atoms with E-state index < -0.39 is 0 Å². The minimum absolute atomic E-state index is 0.880. The molecule has 0 heterocycles. The van der Waals surface area contributed by atoms with E-state index in [4.69, 9.17) is 2.74 Å². The topological polar surface area (TPSA) is 0 Å². The van der Waals surface area contributed by atoms with E-state index in [0.717, 1.165) is 23.7 Å². The highest BCUT2D eigenvalue weighted by molar-refractivity contribution is 4.70. The van der Waals surface area contributed by atoms with Crippen molar-refractivity contribution in [2.75, 3.05) is 0 Å². The lowest BCUT2D eigenvalue weighted by Gasteiger charge is -2.29. The third kappa shape index (κ3) is 8.43. The van der Waals surface area contributed by atoms with Gasteiger partial charge >= 0.3 is 0 Å². The molecule has 0 saturated carbocycles. The molecule has 0 amide bonds. The van der Waals surface area contributed by atoms with Crippen molar-refractivity contribution in [1.29, 1.82) is 0 Å². The third-order valence-corrected chi connectivity index (χ3v) is 3.91. The van der Waals surface area contributed by atoms with Gasteiger partial charge in [-0.1, -0.05) is 54.4 Å². The van der Waals surface area contributed by atoms with E-state index in [0.29, 0.717) is 0 Å². The second kappa shape index (κ2) is 14.1. The fraction of sp³-hybridized carbons (Fsp3) is 0.750. The number of hydrogen-bond donors (Lipinski definition) is 0. The first-order valence-corrected chi connectivity index (χ1v) is 6.12. The van der Waals surface area contributed by atoms with Gasteiger partial charge in [0.1, 0.15) is 2.74 Å². The zero-order valence-corrected chi connectivity index (χ0v) is 11.9. The number of terminal acetylenes is 2. The molecule has 0 heteroatoms.